The molecule has 0 aliphatic carbocycles. The number of urea groups is 1. The van der Waals surface area contributed by atoms with Gasteiger partial charge in [-0.05, 0) is 37.9 Å². The molecule has 1 unspecified atom stereocenters. The van der Waals surface area contributed by atoms with Crippen molar-refractivity contribution in [3.05, 3.63) is 29.8 Å². The molecule has 0 bridgehead atoms. The molecule has 4 nitrogen and oxygen atoms in total. The van der Waals surface area contributed by atoms with E-state index in [4.69, 9.17) is 0 Å². The fourth-order valence-electron chi connectivity index (χ4n) is 2.12. The van der Waals surface area contributed by atoms with Gasteiger partial charge in [0.2, 0.25) is 0 Å². The smallest absolute Gasteiger partial charge is 0.319 e. The summed E-state index contributed by atoms with van der Waals surface area (Å²) in [4.78, 5) is 11.5. The Morgan fingerprint density at radius 2 is 2.26 bits per heavy atom. The van der Waals surface area contributed by atoms with Crippen LogP contribution in [0.25, 0.3) is 0 Å². The predicted octanol–water partition coefficient (Wildman–Crippen LogP) is 2.23. The summed E-state index contributed by atoms with van der Waals surface area (Å²) in [5.41, 5.74) is -0.0297. The predicted molar refractivity (Wildman–Crippen MR) is 69.0 cm³/mol. The van der Waals surface area contributed by atoms with Crippen molar-refractivity contribution in [1.82, 2.24) is 10.6 Å². The molecule has 6 heteroatoms. The Balaban J connectivity index is 1.74. The number of amides is 2. The summed E-state index contributed by atoms with van der Waals surface area (Å²) in [6, 6.07) is 2.99. The van der Waals surface area contributed by atoms with Crippen molar-refractivity contribution in [2.24, 2.45) is 0 Å². The van der Waals surface area contributed by atoms with Crippen LogP contribution in [0.15, 0.2) is 18.2 Å². The molecule has 1 atom stereocenters. The number of hydrogen-bond donors (Lipinski definition) is 3. The van der Waals surface area contributed by atoms with Crippen LogP contribution in [0.5, 0.6) is 0 Å². The molecule has 0 radical (unpaired) electrons. The molecule has 104 valence electrons. The van der Waals surface area contributed by atoms with E-state index in [-0.39, 0.29) is 5.69 Å². The Morgan fingerprint density at radius 1 is 1.42 bits per heavy atom. The fraction of sp³-hybridized carbons (Fsp3) is 0.462. The molecule has 1 aromatic carbocycles. The maximum absolute atomic E-state index is 13.3. The lowest BCUT2D eigenvalue weighted by Crippen LogP contribution is -2.33. The molecule has 1 aliphatic heterocycles. The lowest BCUT2D eigenvalue weighted by molar-refractivity contribution is 0.251. The lowest BCUT2D eigenvalue weighted by Gasteiger charge is -2.11. The van der Waals surface area contributed by atoms with Gasteiger partial charge in [-0.2, -0.15) is 0 Å². The SMILES string of the molecule is O=C(NCCC1CCCN1)Nc1ccc(F)cc1F. The van der Waals surface area contributed by atoms with Crippen molar-refractivity contribution in [2.75, 3.05) is 18.4 Å². The van der Waals surface area contributed by atoms with E-state index in [2.05, 4.69) is 16.0 Å². The van der Waals surface area contributed by atoms with Gasteiger partial charge in [0.05, 0.1) is 5.69 Å². The number of carbonyl (C=O) groups excluding carboxylic acids is 1. The highest BCUT2D eigenvalue weighted by molar-refractivity contribution is 5.89. The van der Waals surface area contributed by atoms with Gasteiger partial charge in [-0.1, -0.05) is 0 Å². The first kappa shape index (κ1) is 13.7. The van der Waals surface area contributed by atoms with E-state index in [0.29, 0.717) is 12.6 Å². The van der Waals surface area contributed by atoms with E-state index in [1.807, 2.05) is 0 Å². The first-order valence-corrected chi connectivity index (χ1v) is 6.38. The second-order valence-electron chi connectivity index (χ2n) is 4.59. The van der Waals surface area contributed by atoms with Gasteiger partial charge in [0.1, 0.15) is 11.6 Å². The molecule has 1 heterocycles. The van der Waals surface area contributed by atoms with Gasteiger partial charge in [-0.15, -0.1) is 0 Å². The Kier molecular flexibility index (Phi) is 4.68. The van der Waals surface area contributed by atoms with Gasteiger partial charge in [-0.25, -0.2) is 13.6 Å². The molecule has 0 saturated carbocycles. The zero-order valence-electron chi connectivity index (χ0n) is 10.5. The molecular weight excluding hydrogens is 252 g/mol. The minimum absolute atomic E-state index is 0.0297. The number of nitrogens with one attached hydrogen (secondary N) is 3. The van der Waals surface area contributed by atoms with Crippen LogP contribution in [-0.2, 0) is 0 Å². The van der Waals surface area contributed by atoms with Crippen molar-refractivity contribution in [3.8, 4) is 0 Å². The number of carbonyl (C=O) groups is 1. The summed E-state index contributed by atoms with van der Waals surface area (Å²) < 4.78 is 26.0. The minimum Gasteiger partial charge on any atom is -0.338 e. The maximum Gasteiger partial charge on any atom is 0.319 e. The third-order valence-corrected chi connectivity index (χ3v) is 3.12. The number of hydrogen-bond acceptors (Lipinski definition) is 2. The molecule has 2 amide bonds. The van der Waals surface area contributed by atoms with E-state index < -0.39 is 17.7 Å². The molecular formula is C13H17F2N3O. The molecule has 2 rings (SSSR count). The zero-order chi connectivity index (χ0) is 13.7. The summed E-state index contributed by atoms with van der Waals surface area (Å²) in [6.07, 6.45) is 3.13. The minimum atomic E-state index is -0.785. The number of halogens is 2. The Labute approximate surface area is 110 Å². The van der Waals surface area contributed by atoms with Gasteiger partial charge in [-0.3, -0.25) is 0 Å². The van der Waals surface area contributed by atoms with Crippen LogP contribution in [-0.4, -0.2) is 25.2 Å². The molecule has 0 aromatic heterocycles. The van der Waals surface area contributed by atoms with Crippen LogP contribution in [0.1, 0.15) is 19.3 Å². The molecule has 1 saturated heterocycles. The molecule has 19 heavy (non-hydrogen) atoms. The second-order valence-corrected chi connectivity index (χ2v) is 4.59. The average molecular weight is 269 g/mol. The second kappa shape index (κ2) is 6.47. The molecule has 0 spiro atoms. The Bertz CT molecular complexity index is 448. The Hall–Kier alpha value is -1.69. The zero-order valence-corrected chi connectivity index (χ0v) is 10.5. The fourth-order valence-corrected chi connectivity index (χ4v) is 2.12. The van der Waals surface area contributed by atoms with E-state index in [1.54, 1.807) is 0 Å². The summed E-state index contributed by atoms with van der Waals surface area (Å²) in [5, 5.41) is 8.32. The third-order valence-electron chi connectivity index (χ3n) is 3.12. The molecule has 1 fully saturated rings. The van der Waals surface area contributed by atoms with E-state index in [9.17, 15) is 13.6 Å². The summed E-state index contributed by atoms with van der Waals surface area (Å²) in [7, 11) is 0. The van der Waals surface area contributed by atoms with Crippen molar-refractivity contribution >= 4 is 11.7 Å². The Morgan fingerprint density at radius 3 is 2.95 bits per heavy atom. The molecule has 3 N–H and O–H groups in total. The highest BCUT2D eigenvalue weighted by Gasteiger charge is 2.14. The van der Waals surface area contributed by atoms with Gasteiger partial charge in [0, 0.05) is 18.7 Å². The van der Waals surface area contributed by atoms with Crippen LogP contribution in [0, 0.1) is 11.6 Å². The first-order chi connectivity index (χ1) is 9.15. The average Bonchev–Trinajstić information content (AvgIpc) is 2.86. The monoisotopic (exact) mass is 269 g/mol. The topological polar surface area (TPSA) is 53.2 Å². The van der Waals surface area contributed by atoms with Crippen LogP contribution < -0.4 is 16.0 Å². The number of anilines is 1. The lowest BCUT2D eigenvalue weighted by atomic mass is 10.1. The van der Waals surface area contributed by atoms with Crippen molar-refractivity contribution < 1.29 is 13.6 Å². The van der Waals surface area contributed by atoms with Crippen molar-refractivity contribution in [1.29, 1.82) is 0 Å². The van der Waals surface area contributed by atoms with Crippen LogP contribution in [0.2, 0.25) is 0 Å². The third kappa shape index (κ3) is 4.17. The quantitative estimate of drug-likeness (QED) is 0.785. The van der Waals surface area contributed by atoms with Crippen molar-refractivity contribution in [2.45, 2.75) is 25.3 Å². The van der Waals surface area contributed by atoms with Crippen molar-refractivity contribution in [3.63, 3.8) is 0 Å². The summed E-state index contributed by atoms with van der Waals surface area (Å²) in [6.45, 7) is 1.55. The summed E-state index contributed by atoms with van der Waals surface area (Å²) >= 11 is 0. The van der Waals surface area contributed by atoms with E-state index >= 15 is 0 Å². The first-order valence-electron chi connectivity index (χ1n) is 6.38. The van der Waals surface area contributed by atoms with Crippen LogP contribution >= 0.6 is 0 Å². The maximum atomic E-state index is 13.3. The van der Waals surface area contributed by atoms with Crippen LogP contribution in [0.3, 0.4) is 0 Å². The largest absolute Gasteiger partial charge is 0.338 e. The van der Waals surface area contributed by atoms with Gasteiger partial charge in [0.25, 0.3) is 0 Å². The van der Waals surface area contributed by atoms with E-state index in [0.717, 1.165) is 37.9 Å². The number of rotatable bonds is 4. The molecule has 1 aliphatic rings. The standard InChI is InChI=1S/C13H17F2N3O/c14-9-3-4-12(11(15)8-9)18-13(19)17-7-5-10-2-1-6-16-10/h3-4,8,10,16H,1-2,5-7H2,(H2,17,18,19). The number of benzene rings is 1. The van der Waals surface area contributed by atoms with Gasteiger partial charge < -0.3 is 16.0 Å². The van der Waals surface area contributed by atoms with Gasteiger partial charge in [0.15, 0.2) is 0 Å². The van der Waals surface area contributed by atoms with Gasteiger partial charge >= 0.3 is 6.03 Å². The highest BCUT2D eigenvalue weighted by atomic mass is 19.1. The normalized spacial score (nSPS) is 18.3. The van der Waals surface area contributed by atoms with E-state index in [1.165, 1.54) is 6.07 Å². The molecule has 1 aromatic rings. The van der Waals surface area contributed by atoms with Crippen LogP contribution in [0.4, 0.5) is 19.3 Å². The highest BCUT2D eigenvalue weighted by Crippen LogP contribution is 2.14. The summed E-state index contributed by atoms with van der Waals surface area (Å²) in [5.74, 6) is -1.46.